The van der Waals surface area contributed by atoms with Gasteiger partial charge in [0.15, 0.2) is 11.5 Å². The van der Waals surface area contributed by atoms with E-state index in [1.807, 2.05) is 12.1 Å². The molecule has 4 rings (SSSR count). The molecule has 0 amide bonds. The van der Waals surface area contributed by atoms with Crippen molar-refractivity contribution < 1.29 is 27.4 Å². The van der Waals surface area contributed by atoms with Crippen molar-refractivity contribution in [1.82, 2.24) is 9.62 Å². The molecular formula is C20H24N2O6S2. The summed E-state index contributed by atoms with van der Waals surface area (Å²) in [6.45, 7) is 2.81. The van der Waals surface area contributed by atoms with Gasteiger partial charge in [-0.1, -0.05) is 6.07 Å². The number of fused-ring (bicyclic) bond motifs is 1. The molecule has 1 aromatic carbocycles. The van der Waals surface area contributed by atoms with E-state index >= 15 is 0 Å². The molecule has 0 radical (unpaired) electrons. The van der Waals surface area contributed by atoms with Crippen LogP contribution < -0.4 is 14.2 Å². The number of hydrogen-bond acceptors (Lipinski definition) is 8. The summed E-state index contributed by atoms with van der Waals surface area (Å²) in [5, 5.41) is 1.57. The average molecular weight is 453 g/mol. The van der Waals surface area contributed by atoms with Crippen LogP contribution in [0.2, 0.25) is 0 Å². The van der Waals surface area contributed by atoms with E-state index in [4.69, 9.17) is 9.47 Å². The van der Waals surface area contributed by atoms with Crippen LogP contribution >= 0.6 is 11.3 Å². The Hall–Kier alpha value is -2.14. The third-order valence-electron chi connectivity index (χ3n) is 5.30. The number of sulfonamides is 1. The first-order valence-corrected chi connectivity index (χ1v) is 12.1. The molecule has 1 unspecified atom stereocenters. The molecule has 0 aliphatic carbocycles. The van der Waals surface area contributed by atoms with Gasteiger partial charge < -0.3 is 14.2 Å². The molecule has 3 heterocycles. The molecule has 2 aromatic rings. The molecule has 0 spiro atoms. The third-order valence-corrected chi connectivity index (χ3v) is 7.82. The summed E-state index contributed by atoms with van der Waals surface area (Å²) < 4.78 is 43.9. The lowest BCUT2D eigenvalue weighted by Gasteiger charge is -2.26. The van der Waals surface area contributed by atoms with Crippen molar-refractivity contribution in [1.29, 1.82) is 0 Å². The minimum absolute atomic E-state index is 0.0378. The molecule has 10 heteroatoms. The van der Waals surface area contributed by atoms with Gasteiger partial charge in [0.25, 0.3) is 0 Å². The van der Waals surface area contributed by atoms with E-state index < -0.39 is 16.0 Å². The van der Waals surface area contributed by atoms with E-state index in [-0.39, 0.29) is 22.4 Å². The van der Waals surface area contributed by atoms with Crippen LogP contribution in [0.15, 0.2) is 34.5 Å². The van der Waals surface area contributed by atoms with Crippen molar-refractivity contribution in [2.45, 2.75) is 23.8 Å². The summed E-state index contributed by atoms with van der Waals surface area (Å²) in [5.74, 6) is 0.877. The Bertz CT molecular complexity index is 1020. The first-order valence-electron chi connectivity index (χ1n) is 9.78. The second-order valence-electron chi connectivity index (χ2n) is 7.10. The molecule has 8 nitrogen and oxygen atoms in total. The molecule has 0 saturated carbocycles. The van der Waals surface area contributed by atoms with Gasteiger partial charge in [-0.05, 0) is 48.5 Å². The normalized spacial score (nSPS) is 19.0. The molecule has 1 fully saturated rings. The van der Waals surface area contributed by atoms with Crippen LogP contribution in [0.5, 0.6) is 11.5 Å². The fourth-order valence-corrected chi connectivity index (χ4v) is 6.24. The molecule has 162 valence electrons. The minimum Gasteiger partial charge on any atom is -0.486 e. The number of thiophene rings is 1. The average Bonchev–Trinajstić information content (AvgIpc) is 3.43. The molecule has 2 aliphatic heterocycles. The fourth-order valence-electron chi connectivity index (χ4n) is 3.89. The zero-order valence-corrected chi connectivity index (χ0v) is 18.3. The standard InChI is InChI=1S/C20H24N2O6S2/c1-26-20(23)19-18(6-12-29-19)30(24,25)21-7-9-22-8-2-3-15(22)14-4-5-16-17(13-14)28-11-10-27-16/h4-6,12-13,15,21H,2-3,7-11H2,1H3. The first kappa shape index (κ1) is 21.1. The van der Waals surface area contributed by atoms with Gasteiger partial charge in [0.1, 0.15) is 23.0 Å². The molecule has 0 bridgehead atoms. The topological polar surface area (TPSA) is 94.2 Å². The van der Waals surface area contributed by atoms with Gasteiger partial charge in [-0.3, -0.25) is 4.90 Å². The predicted molar refractivity (Wildman–Crippen MR) is 112 cm³/mol. The lowest BCUT2D eigenvalue weighted by Crippen LogP contribution is -2.35. The van der Waals surface area contributed by atoms with Crippen molar-refractivity contribution in [3.8, 4) is 11.5 Å². The lowest BCUT2D eigenvalue weighted by atomic mass is 10.0. The Labute approximate surface area is 179 Å². The summed E-state index contributed by atoms with van der Waals surface area (Å²) in [6.07, 6.45) is 2.05. The number of carbonyl (C=O) groups is 1. The lowest BCUT2D eigenvalue weighted by molar-refractivity contribution is 0.0602. The number of carbonyl (C=O) groups excluding carboxylic acids is 1. The maximum atomic E-state index is 12.7. The van der Waals surface area contributed by atoms with Gasteiger partial charge in [-0.2, -0.15) is 0 Å². The van der Waals surface area contributed by atoms with Crippen molar-refractivity contribution in [3.63, 3.8) is 0 Å². The van der Waals surface area contributed by atoms with Gasteiger partial charge in [0, 0.05) is 19.1 Å². The zero-order valence-electron chi connectivity index (χ0n) is 16.6. The molecule has 1 atom stereocenters. The number of hydrogen-bond donors (Lipinski definition) is 1. The maximum absolute atomic E-state index is 12.7. The molecular weight excluding hydrogens is 428 g/mol. The Morgan fingerprint density at radius 3 is 2.87 bits per heavy atom. The van der Waals surface area contributed by atoms with Crippen LogP contribution in [0.3, 0.4) is 0 Å². The first-order chi connectivity index (χ1) is 14.5. The molecule has 30 heavy (non-hydrogen) atoms. The quantitative estimate of drug-likeness (QED) is 0.645. The van der Waals surface area contributed by atoms with Crippen molar-refractivity contribution >= 4 is 27.3 Å². The number of nitrogens with zero attached hydrogens (tertiary/aromatic N) is 1. The van der Waals surface area contributed by atoms with E-state index in [1.54, 1.807) is 5.38 Å². The van der Waals surface area contributed by atoms with Crippen LogP contribution in [0, 0.1) is 0 Å². The van der Waals surface area contributed by atoms with Crippen LogP contribution in [-0.4, -0.2) is 59.2 Å². The van der Waals surface area contributed by atoms with Gasteiger partial charge in [-0.25, -0.2) is 17.9 Å². The Morgan fingerprint density at radius 2 is 2.07 bits per heavy atom. The van der Waals surface area contributed by atoms with Crippen molar-refractivity contribution in [2.75, 3.05) is 40.0 Å². The van der Waals surface area contributed by atoms with Gasteiger partial charge in [0.05, 0.1) is 7.11 Å². The predicted octanol–water partition coefficient (Wildman–Crippen LogP) is 2.42. The second kappa shape index (κ2) is 8.93. The number of likely N-dealkylation sites (tertiary alicyclic amines) is 1. The van der Waals surface area contributed by atoms with Crippen LogP contribution in [0.4, 0.5) is 0 Å². The van der Waals surface area contributed by atoms with E-state index in [2.05, 4.69) is 20.4 Å². The molecule has 1 N–H and O–H groups in total. The highest BCUT2D eigenvalue weighted by Crippen LogP contribution is 2.37. The molecule has 1 aromatic heterocycles. The van der Waals surface area contributed by atoms with E-state index in [1.165, 1.54) is 13.2 Å². The molecule has 2 aliphatic rings. The summed E-state index contributed by atoms with van der Waals surface area (Å²) in [5.41, 5.74) is 1.14. The minimum atomic E-state index is -3.79. The number of esters is 1. The number of benzene rings is 1. The summed E-state index contributed by atoms with van der Waals surface area (Å²) in [7, 11) is -2.56. The van der Waals surface area contributed by atoms with Gasteiger partial charge in [-0.15, -0.1) is 11.3 Å². The monoisotopic (exact) mass is 452 g/mol. The maximum Gasteiger partial charge on any atom is 0.349 e. The largest absolute Gasteiger partial charge is 0.486 e. The highest BCUT2D eigenvalue weighted by Gasteiger charge is 2.28. The summed E-state index contributed by atoms with van der Waals surface area (Å²) >= 11 is 1.05. The Balaban J connectivity index is 1.40. The number of rotatable bonds is 7. The highest BCUT2D eigenvalue weighted by molar-refractivity contribution is 7.89. The smallest absolute Gasteiger partial charge is 0.349 e. The van der Waals surface area contributed by atoms with Crippen molar-refractivity contribution in [3.05, 3.63) is 40.1 Å². The van der Waals surface area contributed by atoms with E-state index in [0.29, 0.717) is 19.8 Å². The number of nitrogens with one attached hydrogen (secondary N) is 1. The zero-order chi connectivity index (χ0) is 21.1. The van der Waals surface area contributed by atoms with Crippen LogP contribution in [-0.2, 0) is 14.8 Å². The third kappa shape index (κ3) is 4.31. The number of methoxy groups -OCH3 is 1. The SMILES string of the molecule is COC(=O)c1sccc1S(=O)(=O)NCCN1CCCC1c1ccc2c(c1)OCCO2. The van der Waals surface area contributed by atoms with Crippen LogP contribution in [0.25, 0.3) is 0 Å². The Morgan fingerprint density at radius 1 is 1.27 bits per heavy atom. The number of ether oxygens (including phenoxy) is 3. The van der Waals surface area contributed by atoms with E-state index in [0.717, 1.165) is 47.8 Å². The van der Waals surface area contributed by atoms with Gasteiger partial charge >= 0.3 is 5.97 Å². The fraction of sp³-hybridized carbons (Fsp3) is 0.450. The van der Waals surface area contributed by atoms with Gasteiger partial charge in [0.2, 0.25) is 10.0 Å². The second-order valence-corrected chi connectivity index (χ2v) is 9.75. The van der Waals surface area contributed by atoms with E-state index in [9.17, 15) is 13.2 Å². The summed E-state index contributed by atoms with van der Waals surface area (Å²) in [6, 6.07) is 7.64. The van der Waals surface area contributed by atoms with Crippen LogP contribution in [0.1, 0.15) is 34.1 Å². The summed E-state index contributed by atoms with van der Waals surface area (Å²) in [4.78, 5) is 14.1. The molecule has 1 saturated heterocycles. The Kier molecular flexibility index (Phi) is 6.28. The highest BCUT2D eigenvalue weighted by atomic mass is 32.2. The van der Waals surface area contributed by atoms with Crippen molar-refractivity contribution in [2.24, 2.45) is 0 Å².